The number of halogens is 1. The van der Waals surface area contributed by atoms with E-state index in [9.17, 15) is 0 Å². The fraction of sp³-hybridized carbons (Fsp3) is 0.471. The van der Waals surface area contributed by atoms with Crippen LogP contribution in [0, 0.1) is 5.92 Å². The molecular formula is C17H24ClN3. The quantitative estimate of drug-likeness (QED) is 0.820. The highest BCUT2D eigenvalue weighted by molar-refractivity contribution is 6.30. The Kier molecular flexibility index (Phi) is 5.83. The van der Waals surface area contributed by atoms with Crippen LogP contribution in [-0.4, -0.2) is 9.55 Å². The minimum absolute atomic E-state index is 0.300. The van der Waals surface area contributed by atoms with E-state index in [1.54, 1.807) is 0 Å². The maximum Gasteiger partial charge on any atom is 0.122 e. The van der Waals surface area contributed by atoms with Gasteiger partial charge < -0.3 is 9.88 Å². The smallest absolute Gasteiger partial charge is 0.122 e. The van der Waals surface area contributed by atoms with E-state index >= 15 is 0 Å². The van der Waals surface area contributed by atoms with Crippen LogP contribution in [0.4, 0.5) is 0 Å². The molecule has 0 amide bonds. The van der Waals surface area contributed by atoms with Crippen molar-refractivity contribution in [3.63, 3.8) is 0 Å². The van der Waals surface area contributed by atoms with Gasteiger partial charge in [0.15, 0.2) is 0 Å². The molecule has 0 fully saturated rings. The van der Waals surface area contributed by atoms with Gasteiger partial charge >= 0.3 is 0 Å². The van der Waals surface area contributed by atoms with Gasteiger partial charge in [-0.2, -0.15) is 0 Å². The Bertz CT molecular complexity index is 545. The van der Waals surface area contributed by atoms with Crippen molar-refractivity contribution >= 4 is 11.6 Å². The van der Waals surface area contributed by atoms with Gasteiger partial charge in [0.25, 0.3) is 0 Å². The summed E-state index contributed by atoms with van der Waals surface area (Å²) in [6.07, 6.45) is 5.04. The largest absolute Gasteiger partial charge is 0.334 e. The zero-order valence-electron chi connectivity index (χ0n) is 13.0. The summed E-state index contributed by atoms with van der Waals surface area (Å²) >= 11 is 5.98. The number of benzene rings is 1. The zero-order valence-corrected chi connectivity index (χ0v) is 13.8. The van der Waals surface area contributed by atoms with Gasteiger partial charge in [-0.3, -0.25) is 0 Å². The van der Waals surface area contributed by atoms with Crippen molar-refractivity contribution in [1.29, 1.82) is 0 Å². The Morgan fingerprint density at radius 1 is 1.24 bits per heavy atom. The van der Waals surface area contributed by atoms with Crippen LogP contribution in [0.5, 0.6) is 0 Å². The Labute approximate surface area is 132 Å². The van der Waals surface area contributed by atoms with Crippen molar-refractivity contribution in [3.8, 4) is 0 Å². The maximum absolute atomic E-state index is 5.98. The number of nitrogens with one attached hydrogen (secondary N) is 1. The minimum Gasteiger partial charge on any atom is -0.334 e. The SMILES string of the molecule is CCCn1ccnc1CNC(c1ccc(Cl)cc1)C(C)C. The number of aromatic nitrogens is 2. The third kappa shape index (κ3) is 4.32. The molecule has 0 saturated carbocycles. The second-order valence-electron chi connectivity index (χ2n) is 5.69. The number of hydrogen-bond acceptors (Lipinski definition) is 2. The van der Waals surface area contributed by atoms with Crippen molar-refractivity contribution < 1.29 is 0 Å². The molecule has 21 heavy (non-hydrogen) atoms. The normalized spacial score (nSPS) is 12.8. The number of imidazole rings is 1. The molecule has 0 saturated heterocycles. The molecule has 0 radical (unpaired) electrons. The molecule has 4 heteroatoms. The molecule has 1 N–H and O–H groups in total. The first-order chi connectivity index (χ1) is 10.1. The maximum atomic E-state index is 5.98. The molecule has 2 aromatic rings. The number of nitrogens with zero attached hydrogens (tertiary/aromatic N) is 2. The lowest BCUT2D eigenvalue weighted by atomic mass is 9.96. The van der Waals surface area contributed by atoms with Gasteiger partial charge in [0.2, 0.25) is 0 Å². The van der Waals surface area contributed by atoms with E-state index in [0.717, 1.165) is 30.4 Å². The molecule has 0 aliphatic heterocycles. The zero-order chi connectivity index (χ0) is 15.2. The molecule has 1 atom stereocenters. The van der Waals surface area contributed by atoms with Gasteiger partial charge in [-0.1, -0.05) is 44.5 Å². The Morgan fingerprint density at radius 3 is 2.57 bits per heavy atom. The fourth-order valence-corrected chi connectivity index (χ4v) is 2.69. The first-order valence-corrected chi connectivity index (χ1v) is 7.98. The molecule has 0 bridgehead atoms. The summed E-state index contributed by atoms with van der Waals surface area (Å²) in [5.41, 5.74) is 1.27. The standard InChI is InChI=1S/C17H24ClN3/c1-4-10-21-11-9-19-16(21)12-20-17(13(2)3)14-5-7-15(18)8-6-14/h5-9,11,13,17,20H,4,10,12H2,1-3H3. The topological polar surface area (TPSA) is 29.9 Å². The third-order valence-electron chi connectivity index (χ3n) is 3.64. The summed E-state index contributed by atoms with van der Waals surface area (Å²) in [6, 6.07) is 8.39. The van der Waals surface area contributed by atoms with Crippen LogP contribution < -0.4 is 5.32 Å². The molecule has 114 valence electrons. The fourth-order valence-electron chi connectivity index (χ4n) is 2.56. The van der Waals surface area contributed by atoms with E-state index in [4.69, 9.17) is 11.6 Å². The van der Waals surface area contributed by atoms with E-state index < -0.39 is 0 Å². The van der Waals surface area contributed by atoms with E-state index in [2.05, 4.69) is 47.8 Å². The van der Waals surface area contributed by atoms with Crippen molar-refractivity contribution in [1.82, 2.24) is 14.9 Å². The van der Waals surface area contributed by atoms with E-state index in [1.807, 2.05) is 24.5 Å². The van der Waals surface area contributed by atoms with E-state index in [1.165, 1.54) is 5.56 Å². The molecule has 0 spiro atoms. The number of rotatable bonds is 7. The molecule has 3 nitrogen and oxygen atoms in total. The number of aryl methyl sites for hydroxylation is 1. The predicted molar refractivity (Wildman–Crippen MR) is 88.4 cm³/mol. The molecular weight excluding hydrogens is 282 g/mol. The van der Waals surface area contributed by atoms with Crippen LogP contribution in [0.1, 0.15) is 44.6 Å². The number of hydrogen-bond donors (Lipinski definition) is 1. The Balaban J connectivity index is 2.06. The Morgan fingerprint density at radius 2 is 1.95 bits per heavy atom. The minimum atomic E-state index is 0.300. The van der Waals surface area contributed by atoms with Gasteiger partial charge in [0.1, 0.15) is 5.82 Å². The first-order valence-electron chi connectivity index (χ1n) is 7.60. The molecule has 1 heterocycles. The Hall–Kier alpha value is -1.32. The van der Waals surface area contributed by atoms with Crippen molar-refractivity contribution in [2.24, 2.45) is 5.92 Å². The van der Waals surface area contributed by atoms with E-state index in [-0.39, 0.29) is 0 Å². The average molecular weight is 306 g/mol. The summed E-state index contributed by atoms with van der Waals surface area (Å²) in [5.74, 6) is 1.59. The summed E-state index contributed by atoms with van der Waals surface area (Å²) in [6.45, 7) is 8.43. The molecule has 0 aliphatic carbocycles. The van der Waals surface area contributed by atoms with Gasteiger partial charge in [0.05, 0.1) is 6.54 Å². The lowest BCUT2D eigenvalue weighted by Crippen LogP contribution is -2.26. The summed E-state index contributed by atoms with van der Waals surface area (Å²) in [5, 5.41) is 4.41. The lowest BCUT2D eigenvalue weighted by molar-refractivity contribution is 0.401. The highest BCUT2D eigenvalue weighted by atomic mass is 35.5. The van der Waals surface area contributed by atoms with Crippen molar-refractivity contribution in [2.45, 2.75) is 46.3 Å². The second-order valence-corrected chi connectivity index (χ2v) is 6.13. The van der Waals surface area contributed by atoms with Crippen LogP contribution in [0.15, 0.2) is 36.7 Å². The predicted octanol–water partition coefficient (Wildman–Crippen LogP) is 4.43. The summed E-state index contributed by atoms with van der Waals surface area (Å²) in [7, 11) is 0. The highest BCUT2D eigenvalue weighted by Crippen LogP contribution is 2.23. The van der Waals surface area contributed by atoms with Gasteiger partial charge in [-0.15, -0.1) is 0 Å². The van der Waals surface area contributed by atoms with Gasteiger partial charge in [0, 0.05) is 30.0 Å². The summed E-state index contributed by atoms with van der Waals surface area (Å²) < 4.78 is 2.21. The van der Waals surface area contributed by atoms with Crippen LogP contribution in [0.3, 0.4) is 0 Å². The van der Waals surface area contributed by atoms with Gasteiger partial charge in [-0.25, -0.2) is 4.98 Å². The molecule has 1 aromatic carbocycles. The van der Waals surface area contributed by atoms with Crippen LogP contribution in [-0.2, 0) is 13.1 Å². The second kappa shape index (κ2) is 7.62. The third-order valence-corrected chi connectivity index (χ3v) is 3.89. The van der Waals surface area contributed by atoms with Crippen LogP contribution in [0.2, 0.25) is 5.02 Å². The van der Waals surface area contributed by atoms with E-state index in [0.29, 0.717) is 12.0 Å². The first kappa shape index (κ1) is 16.1. The molecule has 1 aromatic heterocycles. The van der Waals surface area contributed by atoms with Crippen LogP contribution in [0.25, 0.3) is 0 Å². The van der Waals surface area contributed by atoms with Crippen molar-refractivity contribution in [2.75, 3.05) is 0 Å². The highest BCUT2D eigenvalue weighted by Gasteiger charge is 2.16. The molecule has 2 rings (SSSR count). The lowest BCUT2D eigenvalue weighted by Gasteiger charge is -2.23. The monoisotopic (exact) mass is 305 g/mol. The molecule has 0 aliphatic rings. The average Bonchev–Trinajstić information content (AvgIpc) is 2.89. The van der Waals surface area contributed by atoms with Crippen LogP contribution >= 0.6 is 11.6 Å². The summed E-state index contributed by atoms with van der Waals surface area (Å²) in [4.78, 5) is 4.45. The van der Waals surface area contributed by atoms with Gasteiger partial charge in [-0.05, 0) is 30.0 Å². The molecule has 1 unspecified atom stereocenters. The van der Waals surface area contributed by atoms with Crippen molar-refractivity contribution in [3.05, 3.63) is 53.1 Å².